The summed E-state index contributed by atoms with van der Waals surface area (Å²) in [5.74, 6) is -7.47. The van der Waals surface area contributed by atoms with Crippen LogP contribution in [-0.4, -0.2) is 24.4 Å². The average molecular weight is 191 g/mol. The number of nitrogens with two attached hydrogens (primary N) is 1. The predicted molar refractivity (Wildman–Crippen MR) is 29.7 cm³/mol. The molecule has 0 fully saturated rings. The summed E-state index contributed by atoms with van der Waals surface area (Å²) in [7, 11) is 0. The Labute approximate surface area is 64.5 Å². The zero-order chi connectivity index (χ0) is 9.99. The van der Waals surface area contributed by atoms with E-state index in [-0.39, 0.29) is 0 Å². The van der Waals surface area contributed by atoms with Crippen molar-refractivity contribution in [2.24, 2.45) is 5.73 Å². The average Bonchev–Trinajstić information content (AvgIpc) is 1.85. The number of alkyl halides is 5. The van der Waals surface area contributed by atoms with E-state index in [1.807, 2.05) is 0 Å². The first kappa shape index (κ1) is 11.3. The minimum absolute atomic E-state index is 0.523. The Hall–Kier alpha value is -0.720. The molecule has 0 aromatic heterocycles. The van der Waals surface area contributed by atoms with Crippen molar-refractivity contribution in [3.05, 3.63) is 0 Å². The predicted octanol–water partition coefficient (Wildman–Crippen LogP) is 1.10. The molecular formula is C5H6F5NO. The molecule has 2 N–H and O–H groups in total. The second-order valence-corrected chi connectivity index (χ2v) is 2.03. The summed E-state index contributed by atoms with van der Waals surface area (Å²) >= 11 is 0. The fourth-order valence-electron chi connectivity index (χ4n) is 0.446. The highest BCUT2D eigenvalue weighted by molar-refractivity contribution is 5.86. The third-order valence-corrected chi connectivity index (χ3v) is 1.08. The van der Waals surface area contributed by atoms with Crippen LogP contribution in [-0.2, 0) is 4.79 Å². The second kappa shape index (κ2) is 3.34. The van der Waals surface area contributed by atoms with Crippen LogP contribution >= 0.6 is 0 Å². The lowest BCUT2D eigenvalue weighted by Gasteiger charge is -2.17. The molecule has 0 rings (SSSR count). The molecular weight excluding hydrogens is 185 g/mol. The Morgan fingerprint density at radius 2 is 1.58 bits per heavy atom. The molecule has 0 heterocycles. The minimum atomic E-state index is -5.82. The van der Waals surface area contributed by atoms with E-state index in [1.54, 1.807) is 0 Å². The van der Waals surface area contributed by atoms with Gasteiger partial charge in [0.1, 0.15) is 0 Å². The molecule has 2 nitrogen and oxygen atoms in total. The van der Waals surface area contributed by atoms with E-state index in [4.69, 9.17) is 0 Å². The number of rotatable bonds is 3. The van der Waals surface area contributed by atoms with Crippen LogP contribution in [0.2, 0.25) is 0 Å². The Bertz CT molecular complexity index is 175. The van der Waals surface area contributed by atoms with Gasteiger partial charge < -0.3 is 5.73 Å². The first-order valence-electron chi connectivity index (χ1n) is 2.91. The highest BCUT2D eigenvalue weighted by Crippen LogP contribution is 2.36. The van der Waals surface area contributed by atoms with Gasteiger partial charge in [0.05, 0.1) is 0 Å². The van der Waals surface area contributed by atoms with Gasteiger partial charge in [-0.3, -0.25) is 4.79 Å². The fraction of sp³-hybridized carbons (Fsp3) is 0.800. The van der Waals surface area contributed by atoms with Crippen molar-refractivity contribution in [3.63, 3.8) is 0 Å². The molecule has 0 aromatic carbocycles. The van der Waals surface area contributed by atoms with Crippen LogP contribution in [0.15, 0.2) is 0 Å². The van der Waals surface area contributed by atoms with Crippen LogP contribution in [0.3, 0.4) is 0 Å². The molecule has 0 aromatic rings. The molecule has 7 heteroatoms. The normalized spacial score (nSPS) is 13.2. The molecule has 0 aliphatic rings. The van der Waals surface area contributed by atoms with Crippen LogP contribution < -0.4 is 5.73 Å². The van der Waals surface area contributed by atoms with Gasteiger partial charge in [-0.05, 0) is 6.54 Å². The van der Waals surface area contributed by atoms with Gasteiger partial charge in [0.25, 0.3) is 0 Å². The highest BCUT2D eigenvalue weighted by atomic mass is 19.4. The monoisotopic (exact) mass is 191 g/mol. The Morgan fingerprint density at radius 3 is 1.83 bits per heavy atom. The highest BCUT2D eigenvalue weighted by Gasteiger charge is 2.62. The van der Waals surface area contributed by atoms with Gasteiger partial charge in [0.15, 0.2) is 0 Å². The van der Waals surface area contributed by atoms with Crippen molar-refractivity contribution < 1.29 is 26.7 Å². The van der Waals surface area contributed by atoms with Crippen LogP contribution in [0.5, 0.6) is 0 Å². The van der Waals surface area contributed by atoms with Gasteiger partial charge >= 0.3 is 12.1 Å². The second-order valence-electron chi connectivity index (χ2n) is 2.03. The smallest absolute Gasteiger partial charge is 0.330 e. The lowest BCUT2D eigenvalue weighted by atomic mass is 10.1. The number of Topliss-reactive ketones (excluding diaryl/α,β-unsaturated/α-hetero) is 1. The third kappa shape index (κ3) is 2.13. The minimum Gasteiger partial charge on any atom is -0.330 e. The maximum Gasteiger partial charge on any atom is 0.461 e. The van der Waals surface area contributed by atoms with Crippen molar-refractivity contribution in [1.29, 1.82) is 0 Å². The Balaban J connectivity index is 4.50. The maximum absolute atomic E-state index is 12.0. The number of ketones is 1. The van der Waals surface area contributed by atoms with Gasteiger partial charge in [-0.2, -0.15) is 22.0 Å². The van der Waals surface area contributed by atoms with Crippen LogP contribution in [0.1, 0.15) is 6.42 Å². The van der Waals surface area contributed by atoms with E-state index in [2.05, 4.69) is 5.73 Å². The fourth-order valence-corrected chi connectivity index (χ4v) is 0.446. The van der Waals surface area contributed by atoms with E-state index >= 15 is 0 Å². The zero-order valence-electron chi connectivity index (χ0n) is 5.79. The van der Waals surface area contributed by atoms with E-state index in [1.165, 1.54) is 0 Å². The summed E-state index contributed by atoms with van der Waals surface area (Å²) in [6.07, 6.45) is -6.80. The van der Waals surface area contributed by atoms with Crippen LogP contribution in [0.4, 0.5) is 22.0 Å². The molecule has 0 aliphatic heterocycles. The molecule has 72 valence electrons. The first-order valence-corrected chi connectivity index (χ1v) is 2.91. The Kier molecular flexibility index (Phi) is 3.14. The summed E-state index contributed by atoms with van der Waals surface area (Å²) in [5.41, 5.74) is 4.65. The summed E-state index contributed by atoms with van der Waals surface area (Å²) in [4.78, 5) is 10.2. The molecule has 0 spiro atoms. The van der Waals surface area contributed by atoms with Gasteiger partial charge in [0, 0.05) is 6.42 Å². The van der Waals surface area contributed by atoms with Gasteiger partial charge in [0.2, 0.25) is 5.78 Å². The van der Waals surface area contributed by atoms with E-state index in [9.17, 15) is 26.7 Å². The lowest BCUT2D eigenvalue weighted by Crippen LogP contribution is -2.44. The molecule has 0 atom stereocenters. The standard InChI is InChI=1S/C5H6F5NO/c6-4(7,5(8,9)10)3(12)1-2-11/h1-2,11H2. The van der Waals surface area contributed by atoms with E-state index in [0.717, 1.165) is 0 Å². The number of carbonyl (C=O) groups excluding carboxylic acids is 1. The van der Waals surface area contributed by atoms with Crippen molar-refractivity contribution in [1.82, 2.24) is 0 Å². The van der Waals surface area contributed by atoms with Crippen molar-refractivity contribution in [3.8, 4) is 0 Å². The third-order valence-electron chi connectivity index (χ3n) is 1.08. The van der Waals surface area contributed by atoms with E-state index < -0.39 is 30.8 Å². The molecule has 0 saturated carbocycles. The van der Waals surface area contributed by atoms with Gasteiger partial charge in [-0.1, -0.05) is 0 Å². The molecule has 0 aliphatic carbocycles. The van der Waals surface area contributed by atoms with Crippen LogP contribution in [0.25, 0.3) is 0 Å². The quantitative estimate of drug-likeness (QED) is 0.679. The first-order chi connectivity index (χ1) is 5.23. The number of hydrogen-bond acceptors (Lipinski definition) is 2. The lowest BCUT2D eigenvalue weighted by molar-refractivity contribution is -0.268. The molecule has 0 radical (unpaired) electrons. The van der Waals surface area contributed by atoms with Gasteiger partial charge in [-0.15, -0.1) is 0 Å². The molecule has 0 saturated heterocycles. The van der Waals surface area contributed by atoms with Crippen molar-refractivity contribution >= 4 is 5.78 Å². The number of halogens is 5. The summed E-state index contributed by atoms with van der Waals surface area (Å²) in [6.45, 7) is -0.523. The SMILES string of the molecule is NCCC(=O)C(F)(F)C(F)(F)F. The van der Waals surface area contributed by atoms with Crippen molar-refractivity contribution in [2.75, 3.05) is 6.54 Å². The summed E-state index contributed by atoms with van der Waals surface area (Å²) < 4.78 is 58.1. The van der Waals surface area contributed by atoms with Crippen molar-refractivity contribution in [2.45, 2.75) is 18.5 Å². The largest absolute Gasteiger partial charge is 0.461 e. The zero-order valence-corrected chi connectivity index (χ0v) is 5.79. The topological polar surface area (TPSA) is 43.1 Å². The Morgan fingerprint density at radius 1 is 1.17 bits per heavy atom. The molecule has 12 heavy (non-hydrogen) atoms. The number of hydrogen-bond donors (Lipinski definition) is 1. The van der Waals surface area contributed by atoms with E-state index in [0.29, 0.717) is 0 Å². The number of carbonyl (C=O) groups is 1. The van der Waals surface area contributed by atoms with Gasteiger partial charge in [-0.25, -0.2) is 0 Å². The summed E-state index contributed by atoms with van der Waals surface area (Å²) in [5, 5.41) is 0. The molecule has 0 bridgehead atoms. The van der Waals surface area contributed by atoms with Crippen LogP contribution in [0, 0.1) is 0 Å². The molecule has 0 unspecified atom stereocenters. The summed E-state index contributed by atoms with van der Waals surface area (Å²) in [6, 6.07) is 0. The molecule has 0 amide bonds. The maximum atomic E-state index is 12.0.